The van der Waals surface area contributed by atoms with Gasteiger partial charge < -0.3 is 9.13 Å². The van der Waals surface area contributed by atoms with E-state index in [-0.39, 0.29) is 0 Å². The van der Waals surface area contributed by atoms with Crippen molar-refractivity contribution >= 4 is 43.6 Å². The van der Waals surface area contributed by atoms with Gasteiger partial charge in [-0.2, -0.15) is 23.7 Å². The quantitative estimate of drug-likeness (QED) is 0.183. The largest absolute Gasteiger partial charge is 0.416 e. The third kappa shape index (κ3) is 5.13. The lowest BCUT2D eigenvalue weighted by atomic mass is 9.92. The van der Waals surface area contributed by atoms with Crippen molar-refractivity contribution < 1.29 is 13.2 Å². The molecule has 0 aliphatic carbocycles. The standard InChI is InChI=1S/C47H29F3N4/c1-28-11-18-43-38(21-28)35-7-3-5-9-41(35)53(43)44-19-14-32(34-16-12-30(26-51)22-29(34)2)24-39(44)37-17-13-31(27-52)23-46(37)54-42-10-6-4-8-36(42)40-25-33(47(48,49)50)15-20-45(40)54/h3-25H,1-2H3. The van der Waals surface area contributed by atoms with Crippen molar-refractivity contribution in [2.24, 2.45) is 0 Å². The SMILES string of the molecule is Cc1ccc2c(c1)c1ccccc1n2-c1ccc(-c2ccc(C#N)cc2C)cc1-c1ccc(C#N)cc1-n1c2ccccc2c2cc(C(F)(F)F)ccc21. The molecule has 0 fully saturated rings. The van der Waals surface area contributed by atoms with Crippen LogP contribution in [0.5, 0.6) is 0 Å². The van der Waals surface area contributed by atoms with Gasteiger partial charge in [-0.05, 0) is 109 Å². The third-order valence-electron chi connectivity index (χ3n) is 10.4. The summed E-state index contributed by atoms with van der Waals surface area (Å²) in [5.41, 5.74) is 10.8. The Balaban J connectivity index is 1.41. The molecule has 0 saturated carbocycles. The van der Waals surface area contributed by atoms with E-state index in [0.717, 1.165) is 72.5 Å². The number of benzene rings is 7. The summed E-state index contributed by atoms with van der Waals surface area (Å²) in [5, 5.41) is 23.1. The van der Waals surface area contributed by atoms with Crippen molar-refractivity contribution in [2.75, 3.05) is 0 Å². The van der Waals surface area contributed by atoms with Gasteiger partial charge in [0.25, 0.3) is 0 Å². The first-order valence-corrected chi connectivity index (χ1v) is 17.5. The predicted octanol–water partition coefficient (Wildman–Crippen LogP) is 12.6. The van der Waals surface area contributed by atoms with Crippen LogP contribution >= 0.6 is 0 Å². The van der Waals surface area contributed by atoms with E-state index in [2.05, 4.69) is 72.2 Å². The van der Waals surface area contributed by atoms with Crippen LogP contribution in [0.3, 0.4) is 0 Å². The number of hydrogen-bond acceptors (Lipinski definition) is 2. The van der Waals surface area contributed by atoms with E-state index in [9.17, 15) is 23.7 Å². The zero-order chi connectivity index (χ0) is 37.3. The summed E-state index contributed by atoms with van der Waals surface area (Å²) >= 11 is 0. The van der Waals surface area contributed by atoms with E-state index in [1.807, 2.05) is 78.2 Å². The molecule has 0 saturated heterocycles. The number of hydrogen-bond donors (Lipinski definition) is 0. The highest BCUT2D eigenvalue weighted by atomic mass is 19.4. The van der Waals surface area contributed by atoms with E-state index in [1.54, 1.807) is 6.07 Å². The number of nitrogens with zero attached hydrogens (tertiary/aromatic N) is 4. The number of rotatable bonds is 4. The molecule has 4 nitrogen and oxygen atoms in total. The van der Waals surface area contributed by atoms with Crippen LogP contribution in [-0.4, -0.2) is 9.13 Å². The number of fused-ring (bicyclic) bond motifs is 6. The Labute approximate surface area is 308 Å². The first-order valence-electron chi connectivity index (χ1n) is 17.5. The number of alkyl halides is 3. The van der Waals surface area contributed by atoms with Gasteiger partial charge in [-0.1, -0.05) is 66.2 Å². The smallest absolute Gasteiger partial charge is 0.309 e. The van der Waals surface area contributed by atoms with E-state index in [1.165, 1.54) is 12.1 Å². The van der Waals surface area contributed by atoms with Gasteiger partial charge in [0.15, 0.2) is 0 Å². The molecule has 9 rings (SSSR count). The maximum atomic E-state index is 14.0. The number of aromatic nitrogens is 2. The Bertz CT molecular complexity index is 3090. The third-order valence-corrected chi connectivity index (χ3v) is 10.4. The number of aryl methyl sites for hydroxylation is 2. The van der Waals surface area contributed by atoms with E-state index in [4.69, 9.17) is 0 Å². The van der Waals surface area contributed by atoms with Gasteiger partial charge in [-0.15, -0.1) is 0 Å². The molecule has 54 heavy (non-hydrogen) atoms. The van der Waals surface area contributed by atoms with Crippen LogP contribution in [-0.2, 0) is 6.18 Å². The van der Waals surface area contributed by atoms with Crippen molar-refractivity contribution in [3.05, 3.63) is 167 Å². The van der Waals surface area contributed by atoms with E-state index >= 15 is 0 Å². The summed E-state index contributed by atoms with van der Waals surface area (Å²) in [7, 11) is 0. The van der Waals surface area contributed by atoms with E-state index < -0.39 is 11.7 Å². The fourth-order valence-electron chi connectivity index (χ4n) is 7.94. The molecule has 0 unspecified atom stereocenters. The molecule has 7 aromatic carbocycles. The van der Waals surface area contributed by atoms with Crippen molar-refractivity contribution in [1.82, 2.24) is 9.13 Å². The maximum Gasteiger partial charge on any atom is 0.416 e. The normalized spacial score (nSPS) is 11.8. The molecule has 7 heteroatoms. The Morgan fingerprint density at radius 3 is 1.70 bits per heavy atom. The molecule has 0 N–H and O–H groups in total. The van der Waals surface area contributed by atoms with Crippen LogP contribution in [0.2, 0.25) is 0 Å². The molecule has 0 aliphatic rings. The van der Waals surface area contributed by atoms with E-state index in [0.29, 0.717) is 33.1 Å². The second kappa shape index (κ2) is 12.3. The molecule has 2 heterocycles. The number of halogens is 3. The first kappa shape index (κ1) is 32.8. The molecule has 0 bridgehead atoms. The molecule has 0 radical (unpaired) electrons. The fraction of sp³-hybridized carbons (Fsp3) is 0.0638. The first-order chi connectivity index (χ1) is 26.1. The van der Waals surface area contributed by atoms with Crippen LogP contribution in [0.25, 0.3) is 77.2 Å². The van der Waals surface area contributed by atoms with Crippen molar-refractivity contribution in [3.8, 4) is 45.8 Å². The van der Waals surface area contributed by atoms with Crippen LogP contribution in [0, 0.1) is 36.5 Å². The minimum atomic E-state index is -4.51. The highest BCUT2D eigenvalue weighted by molar-refractivity contribution is 6.12. The lowest BCUT2D eigenvalue weighted by Gasteiger charge is -2.20. The zero-order valence-electron chi connectivity index (χ0n) is 29.2. The maximum absolute atomic E-state index is 14.0. The monoisotopic (exact) mass is 706 g/mol. The topological polar surface area (TPSA) is 57.4 Å². The molecule has 0 spiro atoms. The summed E-state index contributed by atoms with van der Waals surface area (Å²) in [6, 6.07) is 48.1. The van der Waals surface area contributed by atoms with Crippen molar-refractivity contribution in [2.45, 2.75) is 20.0 Å². The fourth-order valence-corrected chi connectivity index (χ4v) is 7.94. The Kier molecular flexibility index (Phi) is 7.44. The molecule has 9 aromatic rings. The van der Waals surface area contributed by atoms with Crippen LogP contribution in [0.1, 0.15) is 27.8 Å². The average Bonchev–Trinajstić information content (AvgIpc) is 3.69. The van der Waals surface area contributed by atoms with Crippen LogP contribution < -0.4 is 0 Å². The highest BCUT2D eigenvalue weighted by Crippen LogP contribution is 2.44. The lowest BCUT2D eigenvalue weighted by molar-refractivity contribution is -0.137. The summed E-state index contributed by atoms with van der Waals surface area (Å²) in [6.07, 6.45) is -4.51. The molecule has 0 atom stereocenters. The Morgan fingerprint density at radius 1 is 0.481 bits per heavy atom. The number of para-hydroxylation sites is 2. The molecule has 258 valence electrons. The average molecular weight is 707 g/mol. The van der Waals surface area contributed by atoms with Crippen LogP contribution in [0.4, 0.5) is 13.2 Å². The minimum absolute atomic E-state index is 0.416. The van der Waals surface area contributed by atoms with Crippen LogP contribution in [0.15, 0.2) is 140 Å². The molecule has 0 amide bonds. The Hall–Kier alpha value is -7.09. The van der Waals surface area contributed by atoms with Crippen molar-refractivity contribution in [3.63, 3.8) is 0 Å². The summed E-state index contributed by atoms with van der Waals surface area (Å²) in [4.78, 5) is 0. The molecule has 0 aliphatic heterocycles. The zero-order valence-corrected chi connectivity index (χ0v) is 29.2. The predicted molar refractivity (Wildman–Crippen MR) is 210 cm³/mol. The van der Waals surface area contributed by atoms with Gasteiger partial charge in [0.1, 0.15) is 0 Å². The summed E-state index contributed by atoms with van der Waals surface area (Å²) in [6.45, 7) is 4.07. The molecule has 2 aromatic heterocycles. The van der Waals surface area contributed by atoms with Gasteiger partial charge in [0.2, 0.25) is 0 Å². The Morgan fingerprint density at radius 2 is 1.06 bits per heavy atom. The summed E-state index contributed by atoms with van der Waals surface area (Å²) < 4.78 is 46.4. The lowest BCUT2D eigenvalue weighted by Crippen LogP contribution is -2.05. The molecular formula is C47H29F3N4. The molecular weight excluding hydrogens is 678 g/mol. The van der Waals surface area contributed by atoms with Crippen molar-refractivity contribution in [1.29, 1.82) is 10.5 Å². The number of nitriles is 2. The van der Waals surface area contributed by atoms with Gasteiger partial charge in [-0.3, -0.25) is 0 Å². The summed E-state index contributed by atoms with van der Waals surface area (Å²) in [5.74, 6) is 0. The van der Waals surface area contributed by atoms with Gasteiger partial charge in [-0.25, -0.2) is 0 Å². The second-order valence-corrected chi connectivity index (χ2v) is 13.7. The highest BCUT2D eigenvalue weighted by Gasteiger charge is 2.31. The van der Waals surface area contributed by atoms with Gasteiger partial charge in [0.05, 0.1) is 62.3 Å². The van der Waals surface area contributed by atoms with Gasteiger partial charge >= 0.3 is 6.18 Å². The minimum Gasteiger partial charge on any atom is -0.309 e. The van der Waals surface area contributed by atoms with Gasteiger partial charge in [0, 0.05) is 32.7 Å². The second-order valence-electron chi connectivity index (χ2n) is 13.7.